The Kier molecular flexibility index (Phi) is 5.19. The Hall–Kier alpha value is -1.52. The molecule has 0 saturated carbocycles. The number of aliphatic carboxylic acids is 1. The van der Waals surface area contributed by atoms with Crippen LogP contribution >= 0.6 is 0 Å². The topological polar surface area (TPSA) is 66.8 Å². The first-order valence-corrected chi connectivity index (χ1v) is 5.39. The van der Waals surface area contributed by atoms with E-state index in [1.165, 1.54) is 11.9 Å². The highest BCUT2D eigenvalue weighted by Crippen LogP contribution is 2.17. The van der Waals surface area contributed by atoms with Gasteiger partial charge in [-0.3, -0.25) is 9.69 Å². The van der Waals surface area contributed by atoms with E-state index in [0.29, 0.717) is 5.70 Å². The Morgan fingerprint density at radius 1 is 1.24 bits per heavy atom. The number of carboxylic acid groups (broad SMARTS) is 1. The molecule has 17 heavy (non-hydrogen) atoms. The number of carboxylic acids is 1. The standard InChI is InChI=1S/C12H21NO4/c1-8(2)9(7-10(14)15)13(6)11(16)17-12(3,4)5/h7H2,1-6H3,(H,14,15). The fourth-order valence-electron chi connectivity index (χ4n) is 1.21. The SMILES string of the molecule is CC(C)=C(CC(=O)O)N(C)C(=O)OC(C)(C)C. The number of rotatable bonds is 3. The second-order valence-corrected chi connectivity index (χ2v) is 5.06. The maximum Gasteiger partial charge on any atom is 0.414 e. The summed E-state index contributed by atoms with van der Waals surface area (Å²) in [5.41, 5.74) is 0.633. The number of hydrogen-bond acceptors (Lipinski definition) is 3. The zero-order valence-corrected chi connectivity index (χ0v) is 11.3. The molecule has 5 heteroatoms. The van der Waals surface area contributed by atoms with Crippen LogP contribution in [0.3, 0.4) is 0 Å². The maximum atomic E-state index is 11.8. The first kappa shape index (κ1) is 15.5. The van der Waals surface area contributed by atoms with E-state index in [2.05, 4.69) is 0 Å². The number of allylic oxidation sites excluding steroid dienone is 1. The van der Waals surface area contributed by atoms with E-state index in [-0.39, 0.29) is 6.42 Å². The zero-order valence-electron chi connectivity index (χ0n) is 11.3. The fourth-order valence-corrected chi connectivity index (χ4v) is 1.21. The number of carbonyl (C=O) groups excluding carboxylic acids is 1. The second-order valence-electron chi connectivity index (χ2n) is 5.06. The zero-order chi connectivity index (χ0) is 13.8. The number of carbonyl (C=O) groups is 2. The number of nitrogens with zero attached hydrogens (tertiary/aromatic N) is 1. The molecule has 0 aromatic carbocycles. The quantitative estimate of drug-likeness (QED) is 0.827. The minimum absolute atomic E-state index is 0.196. The van der Waals surface area contributed by atoms with Crippen molar-refractivity contribution in [2.45, 2.75) is 46.6 Å². The van der Waals surface area contributed by atoms with Crippen molar-refractivity contribution in [2.24, 2.45) is 0 Å². The fraction of sp³-hybridized carbons (Fsp3) is 0.667. The first-order valence-electron chi connectivity index (χ1n) is 5.39. The van der Waals surface area contributed by atoms with Crippen LogP contribution in [-0.2, 0) is 9.53 Å². The van der Waals surface area contributed by atoms with Crippen molar-refractivity contribution in [3.05, 3.63) is 11.3 Å². The predicted molar refractivity (Wildman–Crippen MR) is 64.6 cm³/mol. The van der Waals surface area contributed by atoms with Crippen LogP contribution in [0.15, 0.2) is 11.3 Å². The van der Waals surface area contributed by atoms with Crippen molar-refractivity contribution in [1.82, 2.24) is 4.90 Å². The average molecular weight is 243 g/mol. The molecule has 0 atom stereocenters. The largest absolute Gasteiger partial charge is 0.481 e. The van der Waals surface area contributed by atoms with E-state index in [1.807, 2.05) is 0 Å². The number of ether oxygens (including phenoxy) is 1. The van der Waals surface area contributed by atoms with Gasteiger partial charge >= 0.3 is 12.1 Å². The van der Waals surface area contributed by atoms with Gasteiger partial charge in [0.1, 0.15) is 5.60 Å². The lowest BCUT2D eigenvalue weighted by Gasteiger charge is -2.26. The normalized spacial score (nSPS) is 10.7. The second kappa shape index (κ2) is 5.70. The van der Waals surface area contributed by atoms with Gasteiger partial charge in [-0.2, -0.15) is 0 Å². The van der Waals surface area contributed by atoms with E-state index >= 15 is 0 Å². The predicted octanol–water partition coefficient (Wildman–Crippen LogP) is 2.62. The van der Waals surface area contributed by atoms with Crippen LogP contribution < -0.4 is 0 Å². The summed E-state index contributed by atoms with van der Waals surface area (Å²) in [6.45, 7) is 8.81. The Morgan fingerprint density at radius 2 is 1.71 bits per heavy atom. The Labute approximate surface area is 102 Å². The molecule has 0 fully saturated rings. The van der Waals surface area contributed by atoms with Gasteiger partial charge in [0.2, 0.25) is 0 Å². The van der Waals surface area contributed by atoms with Gasteiger partial charge < -0.3 is 9.84 Å². The molecule has 0 aliphatic heterocycles. The third-order valence-electron chi connectivity index (χ3n) is 1.97. The van der Waals surface area contributed by atoms with Crippen LogP contribution in [-0.4, -0.2) is 34.7 Å². The summed E-state index contributed by atoms with van der Waals surface area (Å²) in [4.78, 5) is 23.7. The molecule has 0 aromatic heterocycles. The summed E-state index contributed by atoms with van der Waals surface area (Å²) in [6.07, 6.45) is -0.743. The van der Waals surface area contributed by atoms with Crippen LogP contribution in [0.2, 0.25) is 0 Å². The van der Waals surface area contributed by atoms with Crippen molar-refractivity contribution in [3.8, 4) is 0 Å². The van der Waals surface area contributed by atoms with Gasteiger partial charge in [0.15, 0.2) is 0 Å². The average Bonchev–Trinajstić information content (AvgIpc) is 2.09. The molecule has 1 amide bonds. The molecule has 0 bridgehead atoms. The number of amides is 1. The smallest absolute Gasteiger partial charge is 0.414 e. The molecule has 0 rings (SSSR count). The van der Waals surface area contributed by atoms with Crippen molar-refractivity contribution in [2.75, 3.05) is 7.05 Å². The highest BCUT2D eigenvalue weighted by atomic mass is 16.6. The van der Waals surface area contributed by atoms with E-state index < -0.39 is 17.7 Å². The van der Waals surface area contributed by atoms with E-state index in [4.69, 9.17) is 9.84 Å². The van der Waals surface area contributed by atoms with Gasteiger partial charge in [0, 0.05) is 12.7 Å². The molecule has 0 spiro atoms. The summed E-state index contributed by atoms with van der Waals surface area (Å²) >= 11 is 0. The highest BCUT2D eigenvalue weighted by Gasteiger charge is 2.23. The molecule has 0 heterocycles. The van der Waals surface area contributed by atoms with Crippen LogP contribution in [0.5, 0.6) is 0 Å². The minimum atomic E-state index is -0.975. The van der Waals surface area contributed by atoms with Gasteiger partial charge in [0.25, 0.3) is 0 Å². The summed E-state index contributed by atoms with van der Waals surface area (Å²) in [5.74, 6) is -0.975. The van der Waals surface area contributed by atoms with Crippen molar-refractivity contribution in [3.63, 3.8) is 0 Å². The Bertz CT molecular complexity index is 335. The lowest BCUT2D eigenvalue weighted by molar-refractivity contribution is -0.136. The van der Waals surface area contributed by atoms with Gasteiger partial charge in [-0.05, 0) is 34.6 Å². The van der Waals surface area contributed by atoms with Gasteiger partial charge in [-0.15, -0.1) is 0 Å². The summed E-state index contributed by atoms with van der Waals surface area (Å²) in [5, 5.41) is 8.78. The summed E-state index contributed by atoms with van der Waals surface area (Å²) in [7, 11) is 1.51. The van der Waals surface area contributed by atoms with Crippen LogP contribution in [0.25, 0.3) is 0 Å². The lowest BCUT2D eigenvalue weighted by atomic mass is 10.2. The molecule has 0 aliphatic carbocycles. The van der Waals surface area contributed by atoms with Crippen LogP contribution in [0, 0.1) is 0 Å². The number of hydrogen-bond donors (Lipinski definition) is 1. The van der Waals surface area contributed by atoms with Crippen LogP contribution in [0.4, 0.5) is 4.79 Å². The Morgan fingerprint density at radius 3 is 2.00 bits per heavy atom. The van der Waals surface area contributed by atoms with E-state index in [9.17, 15) is 9.59 Å². The van der Waals surface area contributed by atoms with Gasteiger partial charge in [0.05, 0.1) is 6.42 Å². The molecule has 0 radical (unpaired) electrons. The van der Waals surface area contributed by atoms with Crippen molar-refractivity contribution >= 4 is 12.1 Å². The summed E-state index contributed by atoms with van der Waals surface area (Å²) in [6, 6.07) is 0. The molecular weight excluding hydrogens is 222 g/mol. The van der Waals surface area contributed by atoms with E-state index in [0.717, 1.165) is 5.57 Å². The third-order valence-corrected chi connectivity index (χ3v) is 1.97. The molecule has 0 unspecified atom stereocenters. The molecule has 0 saturated heterocycles. The monoisotopic (exact) mass is 243 g/mol. The van der Waals surface area contributed by atoms with Crippen molar-refractivity contribution in [1.29, 1.82) is 0 Å². The molecule has 0 aromatic rings. The molecule has 98 valence electrons. The lowest BCUT2D eigenvalue weighted by Crippen LogP contribution is -2.34. The molecule has 5 nitrogen and oxygen atoms in total. The maximum absolute atomic E-state index is 11.8. The molecule has 1 N–H and O–H groups in total. The molecular formula is C12H21NO4. The highest BCUT2D eigenvalue weighted by molar-refractivity contribution is 5.75. The summed E-state index contributed by atoms with van der Waals surface area (Å²) < 4.78 is 5.17. The van der Waals surface area contributed by atoms with Crippen LogP contribution in [0.1, 0.15) is 41.0 Å². The van der Waals surface area contributed by atoms with E-state index in [1.54, 1.807) is 34.6 Å². The third kappa shape index (κ3) is 5.94. The molecule has 0 aliphatic rings. The van der Waals surface area contributed by atoms with Crippen molar-refractivity contribution < 1.29 is 19.4 Å². The van der Waals surface area contributed by atoms with Gasteiger partial charge in [-0.1, -0.05) is 5.57 Å². The minimum Gasteiger partial charge on any atom is -0.481 e. The van der Waals surface area contributed by atoms with Gasteiger partial charge in [-0.25, -0.2) is 4.79 Å². The Balaban J connectivity index is 4.87. The first-order chi connectivity index (χ1) is 7.54.